The molecule has 1 saturated heterocycles. The first-order valence-corrected chi connectivity index (χ1v) is 3.73. The highest BCUT2D eigenvalue weighted by molar-refractivity contribution is 6.59. The van der Waals surface area contributed by atoms with E-state index in [-0.39, 0.29) is 6.10 Å². The van der Waals surface area contributed by atoms with Gasteiger partial charge in [0, 0.05) is 13.1 Å². The molecule has 1 fully saturated rings. The van der Waals surface area contributed by atoms with Gasteiger partial charge in [0.25, 0.3) is 0 Å². The van der Waals surface area contributed by atoms with Crippen LogP contribution in [0.2, 0.25) is 0 Å². The fraction of sp³-hybridized carbons (Fsp3) is 1.00. The van der Waals surface area contributed by atoms with Gasteiger partial charge >= 0.3 is 0 Å². The predicted octanol–water partition coefficient (Wildman–Crippen LogP) is -1.18. The van der Waals surface area contributed by atoms with Gasteiger partial charge in [0.1, 0.15) is 0 Å². The average molecular weight is 145 g/mol. The Bertz CT molecular complexity index is 136. The Morgan fingerprint density at radius 1 is 1.45 bits per heavy atom. The van der Waals surface area contributed by atoms with Gasteiger partial charge < -0.3 is 9.64 Å². The van der Waals surface area contributed by atoms with E-state index in [1.54, 1.807) is 4.90 Å². The summed E-state index contributed by atoms with van der Waals surface area (Å²) in [4.78, 5) is 1.81. The number of hydrogen-bond acceptors (Lipinski definition) is 2. The number of ether oxygens (including phenoxy) is 1. The molecule has 1 aliphatic rings. The van der Waals surface area contributed by atoms with Crippen molar-refractivity contribution in [3.8, 4) is 0 Å². The monoisotopic (exact) mass is 145 g/mol. The van der Waals surface area contributed by atoms with Gasteiger partial charge in [-0.1, -0.05) is 5.24 Å². The van der Waals surface area contributed by atoms with Crippen LogP contribution in [0, 0.1) is 0 Å². The Balaban J connectivity index is 2.46. The molecule has 54 valence electrons. The second kappa shape index (κ2) is 3.24. The van der Waals surface area contributed by atoms with Gasteiger partial charge in [-0.25, -0.2) is 0 Å². The van der Waals surface area contributed by atoms with Crippen molar-refractivity contribution in [1.82, 2.24) is 4.90 Å². The van der Waals surface area contributed by atoms with Crippen LogP contribution >= 0.6 is 0 Å². The lowest BCUT2D eigenvalue weighted by Crippen LogP contribution is -2.56. The highest BCUT2D eigenvalue weighted by Crippen LogP contribution is 2.09. The minimum atomic E-state index is -1.20. The van der Waals surface area contributed by atoms with Crippen molar-refractivity contribution in [1.29, 1.82) is 0 Å². The third-order valence-electron chi connectivity index (χ3n) is 1.79. The fourth-order valence-corrected chi connectivity index (χ4v) is 1.17. The van der Waals surface area contributed by atoms with Gasteiger partial charge in [0.2, 0.25) is 0 Å². The molecule has 0 aromatic carbocycles. The molecule has 0 aromatic rings. The summed E-state index contributed by atoms with van der Waals surface area (Å²) in [5, 5.41) is -1.20. The summed E-state index contributed by atoms with van der Waals surface area (Å²) in [6.45, 7) is 4.02. The van der Waals surface area contributed by atoms with E-state index in [0.717, 1.165) is 0 Å². The van der Waals surface area contributed by atoms with Gasteiger partial charge in [-0.2, -0.15) is 0 Å². The highest BCUT2D eigenvalue weighted by Gasteiger charge is 2.24. The zero-order valence-corrected chi connectivity index (χ0v) is 6.79. The van der Waals surface area contributed by atoms with Gasteiger partial charge in [0.15, 0.2) is 0 Å². The largest absolute Gasteiger partial charge is 0.376 e. The SMILES string of the molecule is [B]C([B])([B])N1CCOC(C)C1. The average Bonchev–Trinajstić information content (AvgIpc) is 1.86. The second-order valence-electron chi connectivity index (χ2n) is 3.01. The standard InChI is InChI=1S/C6H10B3NO/c1-5-4-10(2-3-11-5)6(7,8)9/h5H,2-4H2,1H3. The number of hydrogen-bond donors (Lipinski definition) is 0. The summed E-state index contributed by atoms with van der Waals surface area (Å²) in [7, 11) is 16.5. The van der Waals surface area contributed by atoms with Crippen LogP contribution in [0.5, 0.6) is 0 Å². The van der Waals surface area contributed by atoms with Crippen molar-refractivity contribution in [3.05, 3.63) is 0 Å². The third-order valence-corrected chi connectivity index (χ3v) is 1.79. The molecule has 6 radical (unpaired) electrons. The van der Waals surface area contributed by atoms with E-state index in [1.807, 2.05) is 6.92 Å². The lowest BCUT2D eigenvalue weighted by Gasteiger charge is -2.42. The molecule has 0 bridgehead atoms. The minimum Gasteiger partial charge on any atom is -0.376 e. The maximum Gasteiger partial charge on any atom is 0.0698 e. The third kappa shape index (κ3) is 2.56. The molecular weight excluding hydrogens is 135 g/mol. The molecule has 0 saturated carbocycles. The molecule has 1 unspecified atom stereocenters. The molecule has 1 heterocycles. The van der Waals surface area contributed by atoms with E-state index in [4.69, 9.17) is 28.3 Å². The van der Waals surface area contributed by atoms with Gasteiger partial charge in [-0.05, 0) is 6.92 Å². The van der Waals surface area contributed by atoms with E-state index in [1.165, 1.54) is 0 Å². The molecular formula is C6H10B3NO. The lowest BCUT2D eigenvalue weighted by atomic mass is 9.48. The minimum absolute atomic E-state index is 0.166. The Morgan fingerprint density at radius 2 is 2.09 bits per heavy atom. The molecule has 2 nitrogen and oxygen atoms in total. The van der Waals surface area contributed by atoms with Crippen molar-refractivity contribution < 1.29 is 4.74 Å². The van der Waals surface area contributed by atoms with Gasteiger partial charge in [-0.15, -0.1) is 0 Å². The van der Waals surface area contributed by atoms with Crippen molar-refractivity contribution in [2.45, 2.75) is 18.3 Å². The summed E-state index contributed by atoms with van der Waals surface area (Å²) in [5.74, 6) is 0. The molecule has 1 aliphatic heterocycles. The van der Waals surface area contributed by atoms with E-state index in [0.29, 0.717) is 19.7 Å². The van der Waals surface area contributed by atoms with Gasteiger partial charge in [-0.3, -0.25) is 0 Å². The van der Waals surface area contributed by atoms with Gasteiger partial charge in [0.05, 0.1) is 36.2 Å². The van der Waals surface area contributed by atoms with E-state index >= 15 is 0 Å². The Hall–Kier alpha value is 0.115. The molecule has 5 heteroatoms. The van der Waals surface area contributed by atoms with Crippen LogP contribution in [0.1, 0.15) is 6.92 Å². The van der Waals surface area contributed by atoms with Crippen LogP contribution in [-0.2, 0) is 4.74 Å². The Kier molecular flexibility index (Phi) is 2.71. The molecule has 0 aromatic heterocycles. The molecule has 0 N–H and O–H groups in total. The number of rotatable bonds is 1. The van der Waals surface area contributed by atoms with E-state index < -0.39 is 5.24 Å². The summed E-state index contributed by atoms with van der Waals surface area (Å²) in [5.41, 5.74) is 0. The normalized spacial score (nSPS) is 28.6. The zero-order valence-electron chi connectivity index (χ0n) is 6.79. The van der Waals surface area contributed by atoms with Crippen LogP contribution in [0.3, 0.4) is 0 Å². The summed E-state index contributed by atoms with van der Waals surface area (Å²) in [6.07, 6.45) is 0.166. The summed E-state index contributed by atoms with van der Waals surface area (Å²) >= 11 is 0. The molecule has 11 heavy (non-hydrogen) atoms. The topological polar surface area (TPSA) is 12.5 Å². The molecule has 0 aliphatic carbocycles. The molecule has 0 amide bonds. The van der Waals surface area contributed by atoms with Crippen molar-refractivity contribution in [2.24, 2.45) is 0 Å². The van der Waals surface area contributed by atoms with Crippen molar-refractivity contribution in [2.75, 3.05) is 19.7 Å². The maximum atomic E-state index is 5.50. The predicted molar refractivity (Wildman–Crippen MR) is 47.0 cm³/mol. The molecule has 1 atom stereocenters. The fourth-order valence-electron chi connectivity index (χ4n) is 1.17. The van der Waals surface area contributed by atoms with Crippen molar-refractivity contribution >= 4 is 23.5 Å². The first-order valence-electron chi connectivity index (χ1n) is 3.73. The molecule has 0 spiro atoms. The van der Waals surface area contributed by atoms with Crippen LogP contribution < -0.4 is 0 Å². The number of morpholine rings is 1. The Morgan fingerprint density at radius 3 is 2.45 bits per heavy atom. The van der Waals surface area contributed by atoms with Crippen LogP contribution in [0.25, 0.3) is 0 Å². The van der Waals surface area contributed by atoms with Crippen molar-refractivity contribution in [3.63, 3.8) is 0 Å². The van der Waals surface area contributed by atoms with E-state index in [2.05, 4.69) is 0 Å². The number of nitrogens with zero attached hydrogens (tertiary/aromatic N) is 1. The first kappa shape index (κ1) is 9.20. The Labute approximate surface area is 71.9 Å². The smallest absolute Gasteiger partial charge is 0.0698 e. The lowest BCUT2D eigenvalue weighted by molar-refractivity contribution is -0.0199. The summed E-state index contributed by atoms with van der Waals surface area (Å²) < 4.78 is 5.29. The summed E-state index contributed by atoms with van der Waals surface area (Å²) in [6, 6.07) is 0. The van der Waals surface area contributed by atoms with E-state index in [9.17, 15) is 0 Å². The molecule has 1 rings (SSSR count). The maximum absolute atomic E-state index is 5.50. The zero-order chi connectivity index (χ0) is 8.48. The second-order valence-corrected chi connectivity index (χ2v) is 3.01. The first-order chi connectivity index (χ1) is 5.00. The van der Waals surface area contributed by atoms with Crippen LogP contribution in [0.15, 0.2) is 0 Å². The van der Waals surface area contributed by atoms with Crippen LogP contribution in [0.4, 0.5) is 0 Å². The van der Waals surface area contributed by atoms with Crippen LogP contribution in [-0.4, -0.2) is 59.5 Å². The highest BCUT2D eigenvalue weighted by atomic mass is 16.5. The quantitative estimate of drug-likeness (QED) is 0.430.